The van der Waals surface area contributed by atoms with Crippen LogP contribution in [0.2, 0.25) is 0 Å². The Balaban J connectivity index is 2.40. The highest BCUT2D eigenvalue weighted by Crippen LogP contribution is 2.23. The van der Waals surface area contributed by atoms with Gasteiger partial charge < -0.3 is 0 Å². The minimum Gasteiger partial charge on any atom is -0.299 e. The average molecular weight is 250 g/mol. The highest BCUT2D eigenvalue weighted by Gasteiger charge is 2.27. The first kappa shape index (κ1) is 13.2. The van der Waals surface area contributed by atoms with Crippen LogP contribution < -0.4 is 0 Å². The molecular formula is C11H13F3OS. The number of aryl methyl sites for hydroxylation is 1. The van der Waals surface area contributed by atoms with Crippen LogP contribution in [-0.4, -0.2) is 12.0 Å². The van der Waals surface area contributed by atoms with Crippen LogP contribution in [0.15, 0.2) is 12.1 Å². The van der Waals surface area contributed by atoms with Crippen LogP contribution in [0.1, 0.15) is 29.5 Å². The first-order valence-electron chi connectivity index (χ1n) is 5.06. The lowest BCUT2D eigenvalue weighted by Crippen LogP contribution is -2.11. The summed E-state index contributed by atoms with van der Waals surface area (Å²) in [5, 5.41) is 0. The number of ketones is 1. The largest absolute Gasteiger partial charge is 0.389 e. The summed E-state index contributed by atoms with van der Waals surface area (Å²) in [6.07, 6.45) is -4.65. The molecule has 0 bridgehead atoms. The van der Waals surface area contributed by atoms with Crippen molar-refractivity contribution in [3.63, 3.8) is 0 Å². The fraction of sp³-hybridized carbons (Fsp3) is 0.545. The van der Waals surface area contributed by atoms with Crippen molar-refractivity contribution in [2.75, 3.05) is 0 Å². The van der Waals surface area contributed by atoms with Gasteiger partial charge in [0.1, 0.15) is 5.78 Å². The molecule has 0 aliphatic carbocycles. The molecular weight excluding hydrogens is 237 g/mol. The molecule has 0 saturated heterocycles. The summed E-state index contributed by atoms with van der Waals surface area (Å²) in [5.41, 5.74) is 0. The molecule has 0 saturated carbocycles. The van der Waals surface area contributed by atoms with Gasteiger partial charge in [-0.3, -0.25) is 4.79 Å². The van der Waals surface area contributed by atoms with Crippen molar-refractivity contribution < 1.29 is 18.0 Å². The van der Waals surface area contributed by atoms with Gasteiger partial charge in [0.25, 0.3) is 0 Å². The molecule has 0 amide bonds. The standard InChI is InChI=1S/C11H13F3OS/c1-2-9-3-4-10(16-9)7-8(15)5-6-11(12,13)14/h3-4H,2,5-7H2,1H3. The predicted molar refractivity (Wildman–Crippen MR) is 57.7 cm³/mol. The van der Waals surface area contributed by atoms with Crippen molar-refractivity contribution in [3.8, 4) is 0 Å². The number of Topliss-reactive ketones (excluding diaryl/α,β-unsaturated/α-hetero) is 1. The smallest absolute Gasteiger partial charge is 0.299 e. The number of carbonyl (C=O) groups excluding carboxylic acids is 1. The quantitative estimate of drug-likeness (QED) is 0.777. The minimum atomic E-state index is -4.24. The number of hydrogen-bond acceptors (Lipinski definition) is 2. The zero-order chi connectivity index (χ0) is 12.2. The van der Waals surface area contributed by atoms with Crippen molar-refractivity contribution >= 4 is 17.1 Å². The number of hydrogen-bond donors (Lipinski definition) is 0. The lowest BCUT2D eigenvalue weighted by atomic mass is 10.1. The molecule has 1 nitrogen and oxygen atoms in total. The monoisotopic (exact) mass is 250 g/mol. The van der Waals surface area contributed by atoms with Crippen LogP contribution in [-0.2, 0) is 17.6 Å². The maximum absolute atomic E-state index is 11.9. The Morgan fingerprint density at radius 1 is 1.31 bits per heavy atom. The lowest BCUT2D eigenvalue weighted by Gasteiger charge is -2.04. The second kappa shape index (κ2) is 5.48. The number of rotatable bonds is 5. The highest BCUT2D eigenvalue weighted by molar-refractivity contribution is 7.12. The van der Waals surface area contributed by atoms with E-state index in [0.717, 1.165) is 16.2 Å². The first-order valence-corrected chi connectivity index (χ1v) is 5.88. The molecule has 5 heteroatoms. The van der Waals surface area contributed by atoms with E-state index >= 15 is 0 Å². The first-order chi connectivity index (χ1) is 7.40. The molecule has 16 heavy (non-hydrogen) atoms. The zero-order valence-corrected chi connectivity index (χ0v) is 9.75. The second-order valence-corrected chi connectivity index (χ2v) is 4.81. The minimum absolute atomic E-state index is 0.126. The molecule has 0 radical (unpaired) electrons. The topological polar surface area (TPSA) is 17.1 Å². The van der Waals surface area contributed by atoms with Gasteiger partial charge in [-0.1, -0.05) is 6.92 Å². The van der Waals surface area contributed by atoms with Crippen LogP contribution in [0.25, 0.3) is 0 Å². The third-order valence-electron chi connectivity index (χ3n) is 2.12. The van der Waals surface area contributed by atoms with E-state index in [1.807, 2.05) is 19.1 Å². The zero-order valence-electron chi connectivity index (χ0n) is 8.93. The molecule has 90 valence electrons. The third-order valence-corrected chi connectivity index (χ3v) is 3.35. The summed E-state index contributed by atoms with van der Waals surface area (Å²) in [6.45, 7) is 2.00. The number of thiophene rings is 1. The molecule has 1 heterocycles. The van der Waals surface area contributed by atoms with Crippen molar-refractivity contribution in [1.82, 2.24) is 0 Å². The summed E-state index contributed by atoms with van der Waals surface area (Å²) in [7, 11) is 0. The van der Waals surface area contributed by atoms with Gasteiger partial charge in [0.2, 0.25) is 0 Å². The van der Waals surface area contributed by atoms with E-state index in [2.05, 4.69) is 0 Å². The Morgan fingerprint density at radius 2 is 1.94 bits per heavy atom. The molecule has 0 spiro atoms. The Hall–Kier alpha value is -0.840. The lowest BCUT2D eigenvalue weighted by molar-refractivity contribution is -0.142. The summed E-state index contributed by atoms with van der Waals surface area (Å²) < 4.78 is 35.6. The maximum atomic E-state index is 11.9. The summed E-state index contributed by atoms with van der Waals surface area (Å²) >= 11 is 1.49. The van der Waals surface area contributed by atoms with Crippen molar-refractivity contribution in [2.24, 2.45) is 0 Å². The van der Waals surface area contributed by atoms with Gasteiger partial charge in [-0.05, 0) is 18.6 Å². The SMILES string of the molecule is CCc1ccc(CC(=O)CCC(F)(F)F)s1. The van der Waals surface area contributed by atoms with Gasteiger partial charge in [-0.15, -0.1) is 11.3 Å². The predicted octanol–water partition coefficient (Wildman–Crippen LogP) is 3.76. The molecule has 0 aromatic carbocycles. The fourth-order valence-electron chi connectivity index (χ4n) is 1.27. The van der Waals surface area contributed by atoms with E-state index in [-0.39, 0.29) is 12.2 Å². The second-order valence-electron chi connectivity index (χ2n) is 3.55. The van der Waals surface area contributed by atoms with Gasteiger partial charge in [-0.25, -0.2) is 0 Å². The average Bonchev–Trinajstić information content (AvgIpc) is 2.61. The molecule has 0 unspecified atom stereocenters. The van der Waals surface area contributed by atoms with Crippen LogP contribution in [0.4, 0.5) is 13.2 Å². The molecule has 0 fully saturated rings. The van der Waals surface area contributed by atoms with Crippen molar-refractivity contribution in [1.29, 1.82) is 0 Å². The Kier molecular flexibility index (Phi) is 4.53. The van der Waals surface area contributed by atoms with E-state index in [0.29, 0.717) is 0 Å². The molecule has 0 aliphatic rings. The molecule has 0 N–H and O–H groups in total. The number of alkyl halides is 3. The number of carbonyl (C=O) groups is 1. The van der Waals surface area contributed by atoms with Gasteiger partial charge in [0, 0.05) is 22.6 Å². The van der Waals surface area contributed by atoms with Crippen LogP contribution >= 0.6 is 11.3 Å². The summed E-state index contributed by atoms with van der Waals surface area (Å²) in [6, 6.07) is 3.73. The van der Waals surface area contributed by atoms with Crippen LogP contribution in [0.3, 0.4) is 0 Å². The summed E-state index contributed by atoms with van der Waals surface area (Å²) in [5.74, 6) is -0.346. The van der Waals surface area contributed by atoms with E-state index < -0.39 is 19.0 Å². The molecule has 1 aromatic heterocycles. The Morgan fingerprint density at radius 3 is 2.44 bits per heavy atom. The third kappa shape index (κ3) is 4.79. The number of halogens is 3. The van der Waals surface area contributed by atoms with E-state index in [4.69, 9.17) is 0 Å². The van der Waals surface area contributed by atoms with Crippen LogP contribution in [0.5, 0.6) is 0 Å². The van der Waals surface area contributed by atoms with Gasteiger partial charge in [0.15, 0.2) is 0 Å². The molecule has 0 atom stereocenters. The molecule has 1 rings (SSSR count). The van der Waals surface area contributed by atoms with Gasteiger partial charge in [-0.2, -0.15) is 13.2 Å². The van der Waals surface area contributed by atoms with Crippen molar-refractivity contribution in [3.05, 3.63) is 21.9 Å². The fourth-order valence-corrected chi connectivity index (χ4v) is 2.26. The van der Waals surface area contributed by atoms with Gasteiger partial charge in [0.05, 0.1) is 6.42 Å². The van der Waals surface area contributed by atoms with E-state index in [1.165, 1.54) is 11.3 Å². The van der Waals surface area contributed by atoms with Crippen LogP contribution in [0, 0.1) is 0 Å². The Bertz CT molecular complexity index is 354. The van der Waals surface area contributed by atoms with Crippen molar-refractivity contribution in [2.45, 2.75) is 38.8 Å². The maximum Gasteiger partial charge on any atom is 0.389 e. The van der Waals surface area contributed by atoms with E-state index in [9.17, 15) is 18.0 Å². The highest BCUT2D eigenvalue weighted by atomic mass is 32.1. The Labute approximate surface area is 96.3 Å². The summed E-state index contributed by atoms with van der Waals surface area (Å²) in [4.78, 5) is 13.3. The normalized spacial score (nSPS) is 11.8. The van der Waals surface area contributed by atoms with Gasteiger partial charge >= 0.3 is 6.18 Å². The molecule has 1 aromatic rings. The van der Waals surface area contributed by atoms with E-state index in [1.54, 1.807) is 0 Å². The molecule has 0 aliphatic heterocycles.